The first-order valence-corrected chi connectivity index (χ1v) is 9.69. The van der Waals surface area contributed by atoms with Gasteiger partial charge in [-0.3, -0.25) is 14.9 Å². The number of amides is 1. The lowest BCUT2D eigenvalue weighted by atomic mass is 10.1. The zero-order valence-electron chi connectivity index (χ0n) is 15.3. The number of carbonyl (C=O) groups excluding carboxylic acids is 1. The van der Waals surface area contributed by atoms with Crippen LogP contribution in [0.4, 0.5) is 11.4 Å². The lowest BCUT2D eigenvalue weighted by molar-refractivity contribution is -0.384. The molecule has 1 N–H and O–H groups in total. The lowest BCUT2D eigenvalue weighted by Gasteiger charge is -2.26. The Balaban J connectivity index is 1.60. The topological polar surface area (TPSA) is 78.7 Å². The van der Waals surface area contributed by atoms with Crippen LogP contribution in [0.15, 0.2) is 18.2 Å². The Kier molecular flexibility index (Phi) is 6.44. The molecule has 0 radical (unpaired) electrons. The summed E-state index contributed by atoms with van der Waals surface area (Å²) in [6, 6.07) is 4.61. The fraction of sp³-hybridized carbons (Fsp3) is 0.632. The van der Waals surface area contributed by atoms with E-state index in [4.69, 9.17) is 0 Å². The number of carbonyl (C=O) groups is 1. The first-order valence-electron chi connectivity index (χ1n) is 9.69. The predicted molar refractivity (Wildman–Crippen MR) is 102 cm³/mol. The lowest BCUT2D eigenvalue weighted by Crippen LogP contribution is -2.33. The van der Waals surface area contributed by atoms with Crippen LogP contribution in [0.2, 0.25) is 0 Å². The molecular weight excluding hydrogens is 332 g/mol. The molecule has 1 amide bonds. The van der Waals surface area contributed by atoms with Gasteiger partial charge in [-0.05, 0) is 57.8 Å². The quantitative estimate of drug-likeness (QED) is 0.459. The van der Waals surface area contributed by atoms with Crippen molar-refractivity contribution in [2.45, 2.75) is 38.5 Å². The molecule has 0 spiro atoms. The molecule has 0 bridgehead atoms. The number of non-ortho nitro benzene ring substituents is 1. The summed E-state index contributed by atoms with van der Waals surface area (Å²) in [6.07, 6.45) is 6.93. The van der Waals surface area contributed by atoms with Crippen molar-refractivity contribution in [3.63, 3.8) is 0 Å². The van der Waals surface area contributed by atoms with Crippen molar-refractivity contribution in [2.75, 3.05) is 44.2 Å². The predicted octanol–water partition coefficient (Wildman–Crippen LogP) is 2.80. The van der Waals surface area contributed by atoms with E-state index in [1.807, 2.05) is 0 Å². The number of piperidine rings is 1. The minimum Gasteiger partial charge on any atom is -0.371 e. The summed E-state index contributed by atoms with van der Waals surface area (Å²) in [6.45, 7) is 5.68. The molecule has 2 heterocycles. The molecule has 1 aromatic rings. The van der Waals surface area contributed by atoms with Gasteiger partial charge in [0.2, 0.25) is 0 Å². The van der Waals surface area contributed by atoms with Gasteiger partial charge in [0, 0.05) is 31.8 Å². The normalized spacial score (nSPS) is 18.1. The summed E-state index contributed by atoms with van der Waals surface area (Å²) in [5.41, 5.74) is 1.19. The molecular formula is C19H28N4O3. The molecule has 2 saturated heterocycles. The Hall–Kier alpha value is -2.15. The van der Waals surface area contributed by atoms with Gasteiger partial charge in [0.15, 0.2) is 0 Å². The molecule has 0 saturated carbocycles. The average Bonchev–Trinajstić information content (AvgIpc) is 3.20. The van der Waals surface area contributed by atoms with Crippen molar-refractivity contribution >= 4 is 17.3 Å². The number of likely N-dealkylation sites (tertiary alicyclic amines) is 1. The number of anilines is 1. The molecule has 3 rings (SSSR count). The molecule has 0 aromatic heterocycles. The van der Waals surface area contributed by atoms with Crippen LogP contribution < -0.4 is 10.2 Å². The van der Waals surface area contributed by atoms with Gasteiger partial charge in [-0.2, -0.15) is 0 Å². The molecule has 0 aliphatic carbocycles. The number of hydrogen-bond donors (Lipinski definition) is 1. The highest BCUT2D eigenvalue weighted by molar-refractivity contribution is 6.00. The van der Waals surface area contributed by atoms with Gasteiger partial charge in [0.05, 0.1) is 16.2 Å². The van der Waals surface area contributed by atoms with Gasteiger partial charge >= 0.3 is 0 Å². The fourth-order valence-electron chi connectivity index (χ4n) is 3.84. The van der Waals surface area contributed by atoms with Gasteiger partial charge in [0.25, 0.3) is 11.6 Å². The minimum atomic E-state index is -0.444. The number of nitro groups is 1. The zero-order valence-corrected chi connectivity index (χ0v) is 15.3. The monoisotopic (exact) mass is 360 g/mol. The number of hydrogen-bond acceptors (Lipinski definition) is 5. The van der Waals surface area contributed by atoms with E-state index in [1.165, 1.54) is 31.4 Å². The van der Waals surface area contributed by atoms with E-state index in [1.54, 1.807) is 6.07 Å². The second-order valence-electron chi connectivity index (χ2n) is 7.16. The van der Waals surface area contributed by atoms with Crippen molar-refractivity contribution in [3.8, 4) is 0 Å². The Labute approximate surface area is 154 Å². The maximum atomic E-state index is 12.7. The number of nitro benzene ring substituents is 1. The van der Waals surface area contributed by atoms with Gasteiger partial charge in [-0.15, -0.1) is 0 Å². The smallest absolute Gasteiger partial charge is 0.270 e. The number of nitrogens with zero attached hydrogens (tertiary/aromatic N) is 3. The van der Waals surface area contributed by atoms with Crippen LogP contribution in [0.3, 0.4) is 0 Å². The standard InChI is InChI=1S/C19H28N4O3/c24-19(20-9-6-12-21-10-2-1-3-11-21)17-15-16(23(25)26)7-8-18(17)22-13-4-5-14-22/h7-8,15H,1-6,9-14H2,(H,20,24). The number of benzene rings is 1. The van der Waals surface area contributed by atoms with E-state index < -0.39 is 4.92 Å². The number of nitrogens with one attached hydrogen (secondary N) is 1. The summed E-state index contributed by atoms with van der Waals surface area (Å²) >= 11 is 0. The molecule has 7 heteroatoms. The van der Waals surface area contributed by atoms with Gasteiger partial charge in [0.1, 0.15) is 0 Å². The van der Waals surface area contributed by atoms with E-state index in [-0.39, 0.29) is 11.6 Å². The van der Waals surface area contributed by atoms with E-state index in [0.717, 1.165) is 57.7 Å². The van der Waals surface area contributed by atoms with Crippen molar-refractivity contribution < 1.29 is 9.72 Å². The number of rotatable bonds is 7. The van der Waals surface area contributed by atoms with Crippen LogP contribution in [0.1, 0.15) is 48.9 Å². The van der Waals surface area contributed by atoms with E-state index in [2.05, 4.69) is 15.1 Å². The minimum absolute atomic E-state index is 0.0357. The van der Waals surface area contributed by atoms with Crippen LogP contribution in [-0.2, 0) is 0 Å². The van der Waals surface area contributed by atoms with Gasteiger partial charge in [-0.25, -0.2) is 0 Å². The first-order chi connectivity index (χ1) is 12.6. The molecule has 2 fully saturated rings. The highest BCUT2D eigenvalue weighted by Gasteiger charge is 2.22. The summed E-state index contributed by atoms with van der Waals surface area (Å²) in [7, 11) is 0. The molecule has 7 nitrogen and oxygen atoms in total. The van der Waals surface area contributed by atoms with Crippen LogP contribution in [0, 0.1) is 10.1 Å². The van der Waals surface area contributed by atoms with Crippen LogP contribution in [0.25, 0.3) is 0 Å². The molecule has 0 unspecified atom stereocenters. The van der Waals surface area contributed by atoms with Crippen molar-refractivity contribution in [2.24, 2.45) is 0 Å². The summed E-state index contributed by atoms with van der Waals surface area (Å²) in [4.78, 5) is 27.9. The van der Waals surface area contributed by atoms with Crippen molar-refractivity contribution in [1.82, 2.24) is 10.2 Å². The second-order valence-corrected chi connectivity index (χ2v) is 7.16. The van der Waals surface area contributed by atoms with Crippen molar-refractivity contribution in [3.05, 3.63) is 33.9 Å². The van der Waals surface area contributed by atoms with Crippen LogP contribution in [-0.4, -0.2) is 55.0 Å². The second kappa shape index (κ2) is 8.98. The fourth-order valence-corrected chi connectivity index (χ4v) is 3.84. The van der Waals surface area contributed by atoms with Crippen molar-refractivity contribution in [1.29, 1.82) is 0 Å². The maximum absolute atomic E-state index is 12.7. The summed E-state index contributed by atoms with van der Waals surface area (Å²) in [5, 5.41) is 14.1. The Morgan fingerprint density at radius 1 is 1.08 bits per heavy atom. The molecule has 2 aliphatic heterocycles. The Morgan fingerprint density at radius 2 is 1.77 bits per heavy atom. The third-order valence-electron chi connectivity index (χ3n) is 5.27. The summed E-state index contributed by atoms with van der Waals surface area (Å²) < 4.78 is 0. The van der Waals surface area contributed by atoms with Gasteiger partial charge in [-0.1, -0.05) is 6.42 Å². The zero-order chi connectivity index (χ0) is 18.4. The van der Waals surface area contributed by atoms with E-state index in [0.29, 0.717) is 12.1 Å². The summed E-state index contributed by atoms with van der Waals surface area (Å²) in [5.74, 6) is -0.214. The average molecular weight is 360 g/mol. The van der Waals surface area contributed by atoms with E-state index >= 15 is 0 Å². The highest BCUT2D eigenvalue weighted by atomic mass is 16.6. The first kappa shape index (κ1) is 18.6. The SMILES string of the molecule is O=C(NCCCN1CCCCC1)c1cc([N+](=O)[O-])ccc1N1CCCC1. The molecule has 2 aliphatic rings. The molecule has 26 heavy (non-hydrogen) atoms. The molecule has 142 valence electrons. The Morgan fingerprint density at radius 3 is 2.46 bits per heavy atom. The third kappa shape index (κ3) is 4.72. The largest absolute Gasteiger partial charge is 0.371 e. The van der Waals surface area contributed by atoms with Gasteiger partial charge < -0.3 is 15.1 Å². The highest BCUT2D eigenvalue weighted by Crippen LogP contribution is 2.28. The molecule has 1 aromatic carbocycles. The van der Waals surface area contributed by atoms with Crippen LogP contribution in [0.5, 0.6) is 0 Å². The third-order valence-corrected chi connectivity index (χ3v) is 5.27. The Bertz CT molecular complexity index is 638. The molecule has 0 atom stereocenters. The van der Waals surface area contributed by atoms with Crippen LogP contribution >= 0.6 is 0 Å². The van der Waals surface area contributed by atoms with E-state index in [9.17, 15) is 14.9 Å². The maximum Gasteiger partial charge on any atom is 0.270 e.